The molecule has 2 heterocycles. The Kier molecular flexibility index (Phi) is 1.58. The number of imidazole rings is 1. The summed E-state index contributed by atoms with van der Waals surface area (Å²) in [6.45, 7) is 8.61. The van der Waals surface area contributed by atoms with Crippen LogP contribution in [0.4, 0.5) is 0 Å². The van der Waals surface area contributed by atoms with Crippen molar-refractivity contribution in [3.63, 3.8) is 0 Å². The smallest absolute Gasteiger partial charge is 0.117 e. The van der Waals surface area contributed by atoms with Crippen LogP contribution in [0.3, 0.4) is 0 Å². The predicted molar refractivity (Wildman–Crippen MR) is 62.6 cm³/mol. The molecule has 76 valence electrons. The first kappa shape index (κ1) is 8.72. The van der Waals surface area contributed by atoms with Gasteiger partial charge in [0.25, 0.3) is 0 Å². The van der Waals surface area contributed by atoms with Crippen LogP contribution in [0.1, 0.15) is 25.6 Å². The summed E-state index contributed by atoms with van der Waals surface area (Å²) in [4.78, 5) is 4.68. The van der Waals surface area contributed by atoms with E-state index in [2.05, 4.69) is 48.2 Å². The SMILES string of the molecule is C=C1C(C)C(C)c2nc3ccccc3n21. The van der Waals surface area contributed by atoms with Crippen LogP contribution in [0.5, 0.6) is 0 Å². The molecule has 1 aromatic heterocycles. The number of benzene rings is 1. The summed E-state index contributed by atoms with van der Waals surface area (Å²) in [5.41, 5.74) is 3.44. The monoisotopic (exact) mass is 198 g/mol. The number of para-hydroxylation sites is 2. The van der Waals surface area contributed by atoms with Crippen LogP contribution in [0.25, 0.3) is 16.7 Å². The van der Waals surface area contributed by atoms with Gasteiger partial charge in [-0.25, -0.2) is 4.98 Å². The van der Waals surface area contributed by atoms with Gasteiger partial charge >= 0.3 is 0 Å². The van der Waals surface area contributed by atoms with E-state index in [1.165, 1.54) is 11.2 Å². The Balaban J connectivity index is 2.39. The highest BCUT2D eigenvalue weighted by Gasteiger charge is 2.32. The molecule has 1 aliphatic rings. The van der Waals surface area contributed by atoms with Gasteiger partial charge in [0.15, 0.2) is 0 Å². The molecule has 1 aliphatic heterocycles. The summed E-state index contributed by atoms with van der Waals surface area (Å²) in [6, 6.07) is 8.26. The van der Waals surface area contributed by atoms with Gasteiger partial charge in [-0.2, -0.15) is 0 Å². The van der Waals surface area contributed by atoms with Gasteiger partial charge in [-0.05, 0) is 12.1 Å². The van der Waals surface area contributed by atoms with Gasteiger partial charge in [-0.1, -0.05) is 32.6 Å². The summed E-state index contributed by atoms with van der Waals surface area (Å²) < 4.78 is 2.21. The van der Waals surface area contributed by atoms with Gasteiger partial charge < -0.3 is 4.57 Å². The van der Waals surface area contributed by atoms with Crippen molar-refractivity contribution < 1.29 is 0 Å². The number of nitrogens with zero attached hydrogens (tertiary/aromatic N) is 2. The second-order valence-corrected chi connectivity index (χ2v) is 4.36. The van der Waals surface area contributed by atoms with Crippen LogP contribution in [0, 0.1) is 5.92 Å². The average Bonchev–Trinajstić information content (AvgIpc) is 2.72. The van der Waals surface area contributed by atoms with Gasteiger partial charge in [-0.3, -0.25) is 0 Å². The molecule has 15 heavy (non-hydrogen) atoms. The summed E-state index contributed by atoms with van der Waals surface area (Å²) in [7, 11) is 0. The van der Waals surface area contributed by atoms with E-state index in [9.17, 15) is 0 Å². The van der Waals surface area contributed by atoms with Crippen molar-refractivity contribution in [2.24, 2.45) is 5.92 Å². The Bertz CT molecular complexity index is 551. The van der Waals surface area contributed by atoms with Gasteiger partial charge in [0.2, 0.25) is 0 Å². The van der Waals surface area contributed by atoms with Crippen molar-refractivity contribution in [1.29, 1.82) is 0 Å². The lowest BCUT2D eigenvalue weighted by atomic mass is 9.97. The van der Waals surface area contributed by atoms with Crippen LogP contribution in [0.2, 0.25) is 0 Å². The molecule has 0 aliphatic carbocycles. The first-order valence-corrected chi connectivity index (χ1v) is 5.36. The molecule has 1 aromatic carbocycles. The zero-order valence-corrected chi connectivity index (χ0v) is 9.07. The largest absolute Gasteiger partial charge is 0.300 e. The molecule has 0 N–H and O–H groups in total. The first-order chi connectivity index (χ1) is 7.20. The maximum Gasteiger partial charge on any atom is 0.117 e. The lowest BCUT2D eigenvalue weighted by Crippen LogP contribution is -1.98. The van der Waals surface area contributed by atoms with Crippen molar-refractivity contribution >= 4 is 16.7 Å². The van der Waals surface area contributed by atoms with Crippen LogP contribution in [-0.2, 0) is 0 Å². The standard InChI is InChI=1S/C13H14N2/c1-8-9(2)13-14-11-6-4-5-7-12(11)15(13)10(8)3/h4-9H,3H2,1-2H3. The summed E-state index contributed by atoms with van der Waals surface area (Å²) in [5.74, 6) is 2.13. The topological polar surface area (TPSA) is 17.8 Å². The molecule has 2 unspecified atom stereocenters. The third-order valence-corrected chi connectivity index (χ3v) is 3.56. The van der Waals surface area contributed by atoms with Gasteiger partial charge in [0.05, 0.1) is 11.0 Å². The van der Waals surface area contributed by atoms with Crippen molar-refractivity contribution in [3.8, 4) is 0 Å². The summed E-state index contributed by atoms with van der Waals surface area (Å²) >= 11 is 0. The fourth-order valence-corrected chi connectivity index (χ4v) is 2.37. The zero-order chi connectivity index (χ0) is 10.6. The molecule has 2 heteroatoms. The molecule has 2 aromatic rings. The molecule has 0 bridgehead atoms. The van der Waals surface area contributed by atoms with E-state index >= 15 is 0 Å². The van der Waals surface area contributed by atoms with E-state index in [1.807, 2.05) is 6.07 Å². The minimum absolute atomic E-state index is 0.477. The quantitative estimate of drug-likeness (QED) is 0.635. The highest BCUT2D eigenvalue weighted by molar-refractivity contribution is 5.81. The van der Waals surface area contributed by atoms with Crippen molar-refractivity contribution in [2.75, 3.05) is 0 Å². The highest BCUT2D eigenvalue weighted by atomic mass is 15.1. The summed E-state index contributed by atoms with van der Waals surface area (Å²) in [5, 5.41) is 0. The molecule has 0 spiro atoms. The lowest BCUT2D eigenvalue weighted by molar-refractivity contribution is 0.624. The zero-order valence-electron chi connectivity index (χ0n) is 9.07. The first-order valence-electron chi connectivity index (χ1n) is 5.36. The lowest BCUT2D eigenvalue weighted by Gasteiger charge is -2.08. The van der Waals surface area contributed by atoms with E-state index < -0.39 is 0 Å². The van der Waals surface area contributed by atoms with Crippen molar-refractivity contribution in [2.45, 2.75) is 19.8 Å². The Hall–Kier alpha value is -1.57. The van der Waals surface area contributed by atoms with Gasteiger partial charge in [-0.15, -0.1) is 0 Å². The maximum absolute atomic E-state index is 4.68. The Morgan fingerprint density at radius 1 is 1.20 bits per heavy atom. The predicted octanol–water partition coefficient (Wildman–Crippen LogP) is 3.26. The number of allylic oxidation sites excluding steroid dienone is 1. The molecule has 2 atom stereocenters. The Morgan fingerprint density at radius 3 is 2.73 bits per heavy atom. The second-order valence-electron chi connectivity index (χ2n) is 4.36. The second kappa shape index (κ2) is 2.72. The number of aromatic nitrogens is 2. The van der Waals surface area contributed by atoms with Crippen LogP contribution < -0.4 is 0 Å². The number of rotatable bonds is 0. The van der Waals surface area contributed by atoms with Crippen molar-refractivity contribution in [1.82, 2.24) is 9.55 Å². The molecule has 2 nitrogen and oxygen atoms in total. The highest BCUT2D eigenvalue weighted by Crippen LogP contribution is 2.41. The van der Waals surface area contributed by atoms with Crippen molar-refractivity contribution in [3.05, 3.63) is 36.7 Å². The number of hydrogen-bond donors (Lipinski definition) is 0. The Labute approximate surface area is 89.2 Å². The number of hydrogen-bond acceptors (Lipinski definition) is 1. The third kappa shape index (κ3) is 0.965. The average molecular weight is 198 g/mol. The van der Waals surface area contributed by atoms with E-state index in [1.54, 1.807) is 0 Å². The van der Waals surface area contributed by atoms with E-state index in [0.717, 1.165) is 11.3 Å². The van der Waals surface area contributed by atoms with E-state index in [0.29, 0.717) is 11.8 Å². The molecule has 0 amide bonds. The fraction of sp³-hybridized carbons (Fsp3) is 0.308. The van der Waals surface area contributed by atoms with Crippen LogP contribution in [-0.4, -0.2) is 9.55 Å². The molecule has 0 fully saturated rings. The third-order valence-electron chi connectivity index (χ3n) is 3.56. The van der Waals surface area contributed by atoms with Crippen LogP contribution >= 0.6 is 0 Å². The Morgan fingerprint density at radius 2 is 1.93 bits per heavy atom. The minimum Gasteiger partial charge on any atom is -0.300 e. The fourth-order valence-electron chi connectivity index (χ4n) is 2.37. The molecule has 3 rings (SSSR count). The molecule has 0 radical (unpaired) electrons. The van der Waals surface area contributed by atoms with E-state index in [-0.39, 0.29) is 0 Å². The molecular formula is C13H14N2. The maximum atomic E-state index is 4.68. The normalized spacial score (nSPS) is 24.8. The molecule has 0 saturated carbocycles. The summed E-state index contributed by atoms with van der Waals surface area (Å²) in [6.07, 6.45) is 0. The van der Waals surface area contributed by atoms with Crippen LogP contribution in [0.15, 0.2) is 30.8 Å². The number of fused-ring (bicyclic) bond motifs is 3. The molecule has 0 saturated heterocycles. The van der Waals surface area contributed by atoms with Gasteiger partial charge in [0, 0.05) is 17.5 Å². The van der Waals surface area contributed by atoms with E-state index in [4.69, 9.17) is 0 Å². The van der Waals surface area contributed by atoms with Gasteiger partial charge in [0.1, 0.15) is 5.82 Å². The molecular weight excluding hydrogens is 184 g/mol. The minimum atomic E-state index is 0.477.